The van der Waals surface area contributed by atoms with E-state index in [0.717, 1.165) is 23.1 Å². The molecule has 2 bridgehead atoms. The Morgan fingerprint density at radius 2 is 1.95 bits per heavy atom. The van der Waals surface area contributed by atoms with Crippen molar-refractivity contribution >= 4 is 5.91 Å². The standard InChI is InChI=1S/C17H21NO2/c1-20-13-5-3-2-4-12(13)9-18-17(19)16-14-10-6-7-11(8-10)15(14)16/h2-5,10-11,14-16H,6-9H2,1H3,(H,18,19)/t10-,11-,14-,15-/m0/s1. The molecule has 3 nitrogen and oxygen atoms in total. The summed E-state index contributed by atoms with van der Waals surface area (Å²) in [6.45, 7) is 0.578. The molecule has 4 rings (SSSR count). The van der Waals surface area contributed by atoms with Gasteiger partial charge in [-0.05, 0) is 49.0 Å². The maximum absolute atomic E-state index is 12.4. The number of nitrogens with one attached hydrogen (secondary N) is 1. The second-order valence-corrected chi connectivity index (χ2v) is 6.54. The summed E-state index contributed by atoms with van der Waals surface area (Å²) < 4.78 is 5.32. The van der Waals surface area contributed by atoms with Gasteiger partial charge in [0.25, 0.3) is 0 Å². The third-order valence-corrected chi connectivity index (χ3v) is 5.68. The molecule has 0 heterocycles. The molecule has 3 heteroatoms. The number of amides is 1. The monoisotopic (exact) mass is 271 g/mol. The fourth-order valence-corrected chi connectivity index (χ4v) is 4.82. The van der Waals surface area contributed by atoms with E-state index in [2.05, 4.69) is 5.32 Å². The van der Waals surface area contributed by atoms with Crippen LogP contribution in [0.4, 0.5) is 0 Å². The highest BCUT2D eigenvalue weighted by molar-refractivity contribution is 5.82. The summed E-state index contributed by atoms with van der Waals surface area (Å²) in [4.78, 5) is 12.4. The van der Waals surface area contributed by atoms with Crippen molar-refractivity contribution in [1.29, 1.82) is 0 Å². The number of hydrogen-bond acceptors (Lipinski definition) is 2. The number of ether oxygens (including phenoxy) is 1. The average molecular weight is 271 g/mol. The number of hydrogen-bond donors (Lipinski definition) is 1. The lowest BCUT2D eigenvalue weighted by Crippen LogP contribution is -2.27. The van der Waals surface area contributed by atoms with Crippen molar-refractivity contribution in [2.24, 2.45) is 29.6 Å². The zero-order valence-electron chi connectivity index (χ0n) is 11.8. The molecule has 0 aliphatic heterocycles. The van der Waals surface area contributed by atoms with E-state index in [4.69, 9.17) is 4.74 Å². The van der Waals surface area contributed by atoms with Crippen LogP contribution in [0.2, 0.25) is 0 Å². The first kappa shape index (κ1) is 12.2. The van der Waals surface area contributed by atoms with Crippen molar-refractivity contribution in [3.63, 3.8) is 0 Å². The molecule has 3 fully saturated rings. The van der Waals surface area contributed by atoms with Crippen LogP contribution in [0.15, 0.2) is 24.3 Å². The number of benzene rings is 1. The van der Waals surface area contributed by atoms with Gasteiger partial charge in [-0.2, -0.15) is 0 Å². The number of methoxy groups -OCH3 is 1. The molecule has 20 heavy (non-hydrogen) atoms. The van der Waals surface area contributed by atoms with Crippen LogP contribution in [-0.4, -0.2) is 13.0 Å². The Kier molecular flexibility index (Phi) is 2.76. The van der Waals surface area contributed by atoms with Crippen molar-refractivity contribution in [3.8, 4) is 5.75 Å². The van der Waals surface area contributed by atoms with Gasteiger partial charge in [-0.1, -0.05) is 18.2 Å². The molecule has 0 radical (unpaired) electrons. The molecule has 0 saturated heterocycles. The van der Waals surface area contributed by atoms with Crippen LogP contribution in [0.1, 0.15) is 24.8 Å². The molecule has 0 spiro atoms. The van der Waals surface area contributed by atoms with E-state index >= 15 is 0 Å². The molecular weight excluding hydrogens is 250 g/mol. The van der Waals surface area contributed by atoms with Gasteiger partial charge in [0.2, 0.25) is 5.91 Å². The van der Waals surface area contributed by atoms with Gasteiger partial charge in [-0.25, -0.2) is 0 Å². The predicted octanol–water partition coefficient (Wildman–Crippen LogP) is 2.60. The van der Waals surface area contributed by atoms with E-state index in [0.29, 0.717) is 24.3 Å². The maximum atomic E-state index is 12.4. The van der Waals surface area contributed by atoms with Crippen LogP contribution < -0.4 is 10.1 Å². The summed E-state index contributed by atoms with van der Waals surface area (Å²) in [6, 6.07) is 7.88. The van der Waals surface area contributed by atoms with Gasteiger partial charge in [-0.3, -0.25) is 4.79 Å². The Bertz CT molecular complexity index is 526. The van der Waals surface area contributed by atoms with E-state index < -0.39 is 0 Å². The third-order valence-electron chi connectivity index (χ3n) is 5.68. The SMILES string of the molecule is COc1ccccc1CNC(=O)C1[C@H]2[C@H]3CC[C@@H](C3)[C@H]12. The summed E-state index contributed by atoms with van der Waals surface area (Å²) in [5, 5.41) is 3.11. The van der Waals surface area contributed by atoms with Gasteiger partial charge < -0.3 is 10.1 Å². The minimum Gasteiger partial charge on any atom is -0.496 e. The highest BCUT2D eigenvalue weighted by atomic mass is 16.5. The molecule has 1 N–H and O–H groups in total. The van der Waals surface area contributed by atoms with Crippen molar-refractivity contribution in [2.75, 3.05) is 7.11 Å². The molecule has 1 aromatic rings. The predicted molar refractivity (Wildman–Crippen MR) is 76.1 cm³/mol. The molecular formula is C17H21NO2. The van der Waals surface area contributed by atoms with Crippen LogP contribution in [0.3, 0.4) is 0 Å². The van der Waals surface area contributed by atoms with Gasteiger partial charge in [0.15, 0.2) is 0 Å². The zero-order chi connectivity index (χ0) is 13.7. The van der Waals surface area contributed by atoms with Crippen LogP contribution in [0.5, 0.6) is 5.75 Å². The molecule has 3 aliphatic rings. The lowest BCUT2D eigenvalue weighted by atomic mass is 10.0. The number of rotatable bonds is 4. The fourth-order valence-electron chi connectivity index (χ4n) is 4.82. The second kappa shape index (κ2) is 4.51. The summed E-state index contributed by atoms with van der Waals surface area (Å²) in [5.74, 6) is 4.57. The van der Waals surface area contributed by atoms with E-state index in [1.807, 2.05) is 24.3 Å². The van der Waals surface area contributed by atoms with E-state index in [9.17, 15) is 4.79 Å². The van der Waals surface area contributed by atoms with Crippen molar-refractivity contribution < 1.29 is 9.53 Å². The minimum absolute atomic E-state index is 0.266. The van der Waals surface area contributed by atoms with E-state index in [1.165, 1.54) is 19.3 Å². The molecule has 3 aliphatic carbocycles. The number of carbonyl (C=O) groups excluding carboxylic acids is 1. The molecule has 4 atom stereocenters. The highest BCUT2D eigenvalue weighted by Crippen LogP contribution is 2.69. The van der Waals surface area contributed by atoms with E-state index in [-0.39, 0.29) is 5.91 Å². The second-order valence-electron chi connectivity index (χ2n) is 6.54. The molecule has 0 unspecified atom stereocenters. The van der Waals surface area contributed by atoms with Crippen molar-refractivity contribution in [3.05, 3.63) is 29.8 Å². The topological polar surface area (TPSA) is 38.3 Å². The molecule has 1 aromatic carbocycles. The Hall–Kier alpha value is -1.51. The first-order chi connectivity index (χ1) is 9.79. The molecule has 0 aromatic heterocycles. The summed E-state index contributed by atoms with van der Waals surface area (Å²) in [7, 11) is 1.67. The lowest BCUT2D eigenvalue weighted by molar-refractivity contribution is -0.123. The number of fused-ring (bicyclic) bond motifs is 5. The molecule has 1 amide bonds. The first-order valence-corrected chi connectivity index (χ1v) is 7.69. The zero-order valence-corrected chi connectivity index (χ0v) is 11.8. The van der Waals surface area contributed by atoms with E-state index in [1.54, 1.807) is 7.11 Å². The van der Waals surface area contributed by atoms with Crippen LogP contribution in [-0.2, 0) is 11.3 Å². The van der Waals surface area contributed by atoms with Gasteiger partial charge in [0.05, 0.1) is 7.11 Å². The Morgan fingerprint density at radius 3 is 2.65 bits per heavy atom. The van der Waals surface area contributed by atoms with Crippen LogP contribution >= 0.6 is 0 Å². The van der Waals surface area contributed by atoms with Crippen LogP contribution in [0, 0.1) is 29.6 Å². The quantitative estimate of drug-likeness (QED) is 0.914. The molecule has 3 saturated carbocycles. The van der Waals surface area contributed by atoms with Gasteiger partial charge in [0, 0.05) is 18.0 Å². The fraction of sp³-hybridized carbons (Fsp3) is 0.588. The summed E-state index contributed by atoms with van der Waals surface area (Å²) in [6.07, 6.45) is 4.12. The van der Waals surface area contributed by atoms with Gasteiger partial charge >= 0.3 is 0 Å². The number of para-hydroxylation sites is 1. The first-order valence-electron chi connectivity index (χ1n) is 7.69. The summed E-state index contributed by atoms with van der Waals surface area (Å²) >= 11 is 0. The van der Waals surface area contributed by atoms with Gasteiger partial charge in [0.1, 0.15) is 5.75 Å². The lowest BCUT2D eigenvalue weighted by Gasteiger charge is -2.11. The Balaban J connectivity index is 1.38. The summed E-state index contributed by atoms with van der Waals surface area (Å²) in [5.41, 5.74) is 1.05. The van der Waals surface area contributed by atoms with Crippen molar-refractivity contribution in [2.45, 2.75) is 25.8 Å². The minimum atomic E-state index is 0.266. The normalized spacial score (nSPS) is 36.5. The average Bonchev–Trinajstić information content (AvgIpc) is 2.93. The van der Waals surface area contributed by atoms with Crippen LogP contribution in [0.25, 0.3) is 0 Å². The van der Waals surface area contributed by atoms with Gasteiger partial charge in [-0.15, -0.1) is 0 Å². The molecule has 106 valence electrons. The highest BCUT2D eigenvalue weighted by Gasteiger charge is 2.67. The smallest absolute Gasteiger partial charge is 0.223 e. The number of carbonyl (C=O) groups is 1. The third kappa shape index (κ3) is 1.75. The largest absolute Gasteiger partial charge is 0.496 e. The van der Waals surface area contributed by atoms with Crippen molar-refractivity contribution in [1.82, 2.24) is 5.32 Å². The maximum Gasteiger partial charge on any atom is 0.223 e. The Morgan fingerprint density at radius 1 is 1.25 bits per heavy atom. The Labute approximate surface area is 119 Å².